The average molecular weight is 373 g/mol. The van der Waals surface area contributed by atoms with Gasteiger partial charge in [-0.2, -0.15) is 0 Å². The van der Waals surface area contributed by atoms with Gasteiger partial charge in [-0.15, -0.1) is 12.4 Å². The third-order valence-corrected chi connectivity index (χ3v) is 4.91. The number of hydrogen-bond donors (Lipinski definition) is 3. The summed E-state index contributed by atoms with van der Waals surface area (Å²) in [5.41, 5.74) is 8.04. The van der Waals surface area contributed by atoms with Gasteiger partial charge in [-0.05, 0) is 38.5 Å². The van der Waals surface area contributed by atoms with E-state index >= 15 is 0 Å². The van der Waals surface area contributed by atoms with E-state index < -0.39 is 0 Å². The highest BCUT2D eigenvalue weighted by Gasteiger charge is 2.24. The fourth-order valence-corrected chi connectivity index (χ4v) is 3.59. The summed E-state index contributed by atoms with van der Waals surface area (Å²) in [6.45, 7) is 10.3. The quantitative estimate of drug-likeness (QED) is 0.738. The fourth-order valence-electron chi connectivity index (χ4n) is 3.59. The SMILES string of the molecule is CC1CN(c2ccc(CNCC3CNNC3C)cc2F)CC(C)O1.Cl. The highest BCUT2D eigenvalue weighted by molar-refractivity contribution is 5.85. The molecule has 0 saturated carbocycles. The van der Waals surface area contributed by atoms with Gasteiger partial charge in [0.15, 0.2) is 0 Å². The van der Waals surface area contributed by atoms with E-state index in [-0.39, 0.29) is 30.4 Å². The van der Waals surface area contributed by atoms with Crippen LogP contribution in [0, 0.1) is 11.7 Å². The summed E-state index contributed by atoms with van der Waals surface area (Å²) in [6.07, 6.45) is 0.259. The van der Waals surface area contributed by atoms with E-state index in [0.29, 0.717) is 24.2 Å². The van der Waals surface area contributed by atoms with Crippen LogP contribution >= 0.6 is 12.4 Å². The first-order valence-corrected chi connectivity index (χ1v) is 8.91. The summed E-state index contributed by atoms with van der Waals surface area (Å²) < 4.78 is 20.3. The van der Waals surface area contributed by atoms with E-state index in [9.17, 15) is 4.39 Å². The Bertz CT molecular complexity index is 552. The third-order valence-electron chi connectivity index (χ3n) is 4.91. The van der Waals surface area contributed by atoms with Gasteiger partial charge in [0.2, 0.25) is 0 Å². The Labute approximate surface area is 156 Å². The number of ether oxygens (including phenoxy) is 1. The van der Waals surface area contributed by atoms with Gasteiger partial charge in [-0.25, -0.2) is 4.39 Å². The van der Waals surface area contributed by atoms with E-state index in [1.807, 2.05) is 26.0 Å². The van der Waals surface area contributed by atoms with Crippen molar-refractivity contribution in [2.24, 2.45) is 5.92 Å². The highest BCUT2D eigenvalue weighted by Crippen LogP contribution is 2.24. The number of nitrogens with zero attached hydrogens (tertiary/aromatic N) is 1. The Kier molecular flexibility index (Phi) is 7.46. The molecular weight excluding hydrogens is 343 g/mol. The minimum Gasteiger partial charge on any atom is -0.372 e. The van der Waals surface area contributed by atoms with Crippen molar-refractivity contribution in [2.75, 3.05) is 31.1 Å². The zero-order valence-corrected chi connectivity index (χ0v) is 16.0. The molecule has 0 amide bonds. The standard InChI is InChI=1S/C18H29FN4O.ClH/c1-12-10-23(11-13(2)24-12)18-5-4-15(6-17(18)19)7-20-8-16-9-21-22-14(16)3;/h4-6,12-14,16,20-22H,7-11H2,1-3H3;1H. The van der Waals surface area contributed by atoms with Gasteiger partial charge in [0.05, 0.1) is 17.9 Å². The number of halogens is 2. The van der Waals surface area contributed by atoms with Crippen LogP contribution in [-0.4, -0.2) is 44.4 Å². The lowest BCUT2D eigenvalue weighted by Gasteiger charge is -2.37. The molecule has 0 radical (unpaired) electrons. The molecular formula is C18H30ClFN4O. The maximum Gasteiger partial charge on any atom is 0.146 e. The fraction of sp³-hybridized carbons (Fsp3) is 0.667. The number of nitrogens with one attached hydrogen (secondary N) is 3. The molecule has 2 aliphatic heterocycles. The van der Waals surface area contributed by atoms with Crippen LogP contribution < -0.4 is 21.1 Å². The second-order valence-corrected chi connectivity index (χ2v) is 7.15. The van der Waals surface area contributed by atoms with E-state index in [2.05, 4.69) is 28.0 Å². The van der Waals surface area contributed by atoms with Crippen molar-refractivity contribution >= 4 is 18.1 Å². The van der Waals surface area contributed by atoms with Crippen LogP contribution in [0.1, 0.15) is 26.3 Å². The summed E-state index contributed by atoms with van der Waals surface area (Å²) in [5.74, 6) is 0.415. The van der Waals surface area contributed by atoms with Crippen molar-refractivity contribution in [1.29, 1.82) is 0 Å². The average Bonchev–Trinajstić information content (AvgIpc) is 2.92. The Balaban J connectivity index is 0.00000225. The smallest absolute Gasteiger partial charge is 0.146 e. The molecule has 5 nitrogen and oxygen atoms in total. The normalized spacial score (nSPS) is 29.5. The van der Waals surface area contributed by atoms with Gasteiger partial charge in [-0.3, -0.25) is 10.9 Å². The Morgan fingerprint density at radius 2 is 1.96 bits per heavy atom. The molecule has 2 saturated heterocycles. The molecule has 2 fully saturated rings. The highest BCUT2D eigenvalue weighted by atomic mass is 35.5. The number of morpholine rings is 1. The van der Waals surface area contributed by atoms with Gasteiger partial charge in [0.1, 0.15) is 5.82 Å². The van der Waals surface area contributed by atoms with Gasteiger partial charge >= 0.3 is 0 Å². The lowest BCUT2D eigenvalue weighted by atomic mass is 10.0. The largest absolute Gasteiger partial charge is 0.372 e. The molecule has 2 heterocycles. The first kappa shape index (κ1) is 20.4. The molecule has 1 aromatic carbocycles. The molecule has 4 atom stereocenters. The Hall–Kier alpha value is -0.920. The van der Waals surface area contributed by atoms with Crippen LogP contribution in [0.2, 0.25) is 0 Å². The number of hydrogen-bond acceptors (Lipinski definition) is 5. The zero-order chi connectivity index (χ0) is 17.1. The van der Waals surface area contributed by atoms with Crippen LogP contribution in [-0.2, 0) is 11.3 Å². The zero-order valence-electron chi connectivity index (χ0n) is 15.2. The molecule has 1 aromatic rings. The molecule has 4 unspecified atom stereocenters. The predicted octanol–water partition coefficient (Wildman–Crippen LogP) is 2.06. The first-order valence-electron chi connectivity index (χ1n) is 8.91. The molecule has 0 aliphatic carbocycles. The van der Waals surface area contributed by atoms with Crippen LogP contribution in [0.5, 0.6) is 0 Å². The summed E-state index contributed by atoms with van der Waals surface area (Å²) in [5, 5.41) is 3.43. The van der Waals surface area contributed by atoms with E-state index in [1.165, 1.54) is 0 Å². The second-order valence-electron chi connectivity index (χ2n) is 7.15. The summed E-state index contributed by atoms with van der Waals surface area (Å²) in [4.78, 5) is 2.09. The Morgan fingerprint density at radius 1 is 1.24 bits per heavy atom. The number of anilines is 1. The maximum atomic E-state index is 14.5. The molecule has 0 aromatic heterocycles. The minimum absolute atomic E-state index is 0. The van der Waals surface area contributed by atoms with Crippen LogP contribution in [0.15, 0.2) is 18.2 Å². The second kappa shape index (κ2) is 9.14. The van der Waals surface area contributed by atoms with Crippen LogP contribution in [0.3, 0.4) is 0 Å². The van der Waals surface area contributed by atoms with E-state index in [0.717, 1.165) is 31.7 Å². The van der Waals surface area contributed by atoms with Crippen LogP contribution in [0.25, 0.3) is 0 Å². The molecule has 0 spiro atoms. The summed E-state index contributed by atoms with van der Waals surface area (Å²) >= 11 is 0. The number of benzene rings is 1. The predicted molar refractivity (Wildman–Crippen MR) is 102 cm³/mol. The number of hydrazine groups is 1. The van der Waals surface area contributed by atoms with Gasteiger partial charge in [-0.1, -0.05) is 6.07 Å². The lowest BCUT2D eigenvalue weighted by molar-refractivity contribution is -0.00539. The van der Waals surface area contributed by atoms with Crippen molar-refractivity contribution in [3.05, 3.63) is 29.6 Å². The summed E-state index contributed by atoms with van der Waals surface area (Å²) in [7, 11) is 0. The molecule has 0 bridgehead atoms. The monoisotopic (exact) mass is 372 g/mol. The van der Waals surface area contributed by atoms with Gasteiger partial charge in [0, 0.05) is 44.7 Å². The van der Waals surface area contributed by atoms with Crippen molar-refractivity contribution in [3.63, 3.8) is 0 Å². The number of rotatable bonds is 5. The van der Waals surface area contributed by atoms with Crippen molar-refractivity contribution in [1.82, 2.24) is 16.2 Å². The summed E-state index contributed by atoms with van der Waals surface area (Å²) in [6, 6.07) is 6.03. The molecule has 3 N–H and O–H groups in total. The van der Waals surface area contributed by atoms with Crippen molar-refractivity contribution < 1.29 is 9.13 Å². The van der Waals surface area contributed by atoms with Crippen molar-refractivity contribution in [2.45, 2.75) is 45.6 Å². The maximum absolute atomic E-state index is 14.5. The van der Waals surface area contributed by atoms with Crippen LogP contribution in [0.4, 0.5) is 10.1 Å². The van der Waals surface area contributed by atoms with Crippen molar-refractivity contribution in [3.8, 4) is 0 Å². The molecule has 142 valence electrons. The van der Waals surface area contributed by atoms with E-state index in [4.69, 9.17) is 4.74 Å². The topological polar surface area (TPSA) is 48.6 Å². The minimum atomic E-state index is -0.145. The molecule has 7 heteroatoms. The van der Waals surface area contributed by atoms with Gasteiger partial charge in [0.25, 0.3) is 0 Å². The first-order chi connectivity index (χ1) is 11.5. The Morgan fingerprint density at radius 3 is 2.56 bits per heavy atom. The van der Waals surface area contributed by atoms with E-state index in [1.54, 1.807) is 6.07 Å². The molecule has 3 rings (SSSR count). The molecule has 25 heavy (non-hydrogen) atoms. The lowest BCUT2D eigenvalue weighted by Crippen LogP contribution is -2.45. The molecule has 2 aliphatic rings. The third kappa shape index (κ3) is 5.28. The van der Waals surface area contributed by atoms with Gasteiger partial charge < -0.3 is 15.0 Å².